The normalized spacial score (nSPS) is 11.2. The van der Waals surface area contributed by atoms with Gasteiger partial charge >= 0.3 is 6.18 Å². The Kier molecular flexibility index (Phi) is 3.69. The predicted molar refractivity (Wildman–Crippen MR) is 69.1 cm³/mol. The third-order valence-corrected chi connectivity index (χ3v) is 3.01. The summed E-state index contributed by atoms with van der Waals surface area (Å²) in [5.74, 6) is 0. The van der Waals surface area contributed by atoms with Crippen molar-refractivity contribution in [1.82, 2.24) is 4.98 Å². The topological polar surface area (TPSA) is 36.7 Å². The molecule has 0 saturated heterocycles. The van der Waals surface area contributed by atoms with Crippen molar-refractivity contribution in [3.63, 3.8) is 0 Å². The number of rotatable bonds is 1. The molecule has 0 amide bonds. The highest BCUT2D eigenvalue weighted by molar-refractivity contribution is 6.30. The molecular weight excluding hydrogens is 289 g/mol. The van der Waals surface area contributed by atoms with Crippen LogP contribution in [0.3, 0.4) is 0 Å². The van der Waals surface area contributed by atoms with E-state index in [1.165, 1.54) is 6.92 Å². The molecule has 0 aliphatic rings. The van der Waals surface area contributed by atoms with Crippen molar-refractivity contribution < 1.29 is 13.2 Å². The van der Waals surface area contributed by atoms with E-state index in [1.54, 1.807) is 24.3 Å². The van der Waals surface area contributed by atoms with Gasteiger partial charge in [0, 0.05) is 10.6 Å². The smallest absolute Gasteiger partial charge is 0.247 e. The minimum absolute atomic E-state index is 0.0484. The lowest BCUT2D eigenvalue weighted by Crippen LogP contribution is -2.10. The van der Waals surface area contributed by atoms with E-state index in [-0.39, 0.29) is 16.8 Å². The molecule has 2 aromatic rings. The van der Waals surface area contributed by atoms with Crippen molar-refractivity contribution in [1.29, 1.82) is 5.26 Å². The molecule has 1 aromatic carbocycles. The maximum Gasteiger partial charge on any atom is 0.433 e. The summed E-state index contributed by atoms with van der Waals surface area (Å²) in [7, 11) is 0. The number of nitrogens with zero attached hydrogens (tertiary/aromatic N) is 2. The summed E-state index contributed by atoms with van der Waals surface area (Å²) in [4.78, 5) is 3.45. The van der Waals surface area contributed by atoms with Gasteiger partial charge in [0.25, 0.3) is 0 Å². The average molecular weight is 297 g/mol. The molecule has 2 rings (SSSR count). The number of benzene rings is 1. The minimum atomic E-state index is -4.56. The van der Waals surface area contributed by atoms with Crippen LogP contribution in [0.1, 0.15) is 17.0 Å². The van der Waals surface area contributed by atoms with Crippen molar-refractivity contribution in [2.45, 2.75) is 13.1 Å². The lowest BCUT2D eigenvalue weighted by Gasteiger charge is -2.12. The summed E-state index contributed by atoms with van der Waals surface area (Å²) >= 11 is 5.75. The van der Waals surface area contributed by atoms with E-state index in [2.05, 4.69) is 4.98 Å². The zero-order valence-electron chi connectivity index (χ0n) is 10.3. The molecule has 20 heavy (non-hydrogen) atoms. The Balaban J connectivity index is 2.70. The Morgan fingerprint density at radius 1 is 1.20 bits per heavy atom. The van der Waals surface area contributed by atoms with Crippen LogP contribution in [0, 0.1) is 18.3 Å². The maximum atomic E-state index is 12.8. The van der Waals surface area contributed by atoms with Crippen molar-refractivity contribution in [3.05, 3.63) is 52.3 Å². The number of halogens is 4. The quantitative estimate of drug-likeness (QED) is 0.771. The summed E-state index contributed by atoms with van der Waals surface area (Å²) in [6.07, 6.45) is -4.56. The second-order valence-corrected chi connectivity index (χ2v) is 4.57. The highest BCUT2D eigenvalue weighted by atomic mass is 35.5. The van der Waals surface area contributed by atoms with E-state index in [9.17, 15) is 13.2 Å². The van der Waals surface area contributed by atoms with Crippen molar-refractivity contribution in [2.75, 3.05) is 0 Å². The van der Waals surface area contributed by atoms with Gasteiger partial charge in [0.15, 0.2) is 0 Å². The Morgan fingerprint density at radius 3 is 2.30 bits per heavy atom. The van der Waals surface area contributed by atoms with Gasteiger partial charge in [-0.1, -0.05) is 23.7 Å². The van der Waals surface area contributed by atoms with Crippen molar-refractivity contribution in [2.24, 2.45) is 0 Å². The first kappa shape index (κ1) is 14.4. The van der Waals surface area contributed by atoms with Gasteiger partial charge in [0.2, 0.25) is 0 Å². The molecule has 0 aliphatic heterocycles. The molecule has 2 nitrogen and oxygen atoms in total. The standard InChI is InChI=1S/C14H8ClF3N2/c1-8-12(7-19)11(6-13(20-8)14(16,17)18)9-2-4-10(15)5-3-9/h2-6H,1H3. The molecule has 1 heterocycles. The largest absolute Gasteiger partial charge is 0.433 e. The van der Waals surface area contributed by atoms with Gasteiger partial charge in [-0.25, -0.2) is 4.98 Å². The monoisotopic (exact) mass is 296 g/mol. The molecule has 102 valence electrons. The first-order valence-corrected chi connectivity index (χ1v) is 5.95. The van der Waals surface area contributed by atoms with E-state index >= 15 is 0 Å². The molecule has 0 saturated carbocycles. The number of alkyl halides is 3. The van der Waals surface area contributed by atoms with Crippen LogP contribution in [-0.4, -0.2) is 4.98 Å². The Bertz CT molecular complexity index is 685. The first-order chi connectivity index (χ1) is 9.32. The number of hydrogen-bond donors (Lipinski definition) is 0. The minimum Gasteiger partial charge on any atom is -0.247 e. The van der Waals surface area contributed by atoms with Gasteiger partial charge in [-0.3, -0.25) is 0 Å². The number of aryl methyl sites for hydroxylation is 1. The van der Waals surface area contributed by atoms with Crippen LogP contribution in [0.25, 0.3) is 11.1 Å². The zero-order valence-corrected chi connectivity index (χ0v) is 11.0. The molecule has 0 unspecified atom stereocenters. The maximum absolute atomic E-state index is 12.8. The van der Waals surface area contributed by atoms with Crippen LogP contribution >= 0.6 is 11.6 Å². The molecule has 0 radical (unpaired) electrons. The van der Waals surface area contributed by atoms with E-state index in [1.807, 2.05) is 6.07 Å². The summed E-state index contributed by atoms with van der Waals surface area (Å²) < 4.78 is 38.4. The second kappa shape index (κ2) is 5.14. The van der Waals surface area contributed by atoms with Crippen molar-refractivity contribution >= 4 is 11.6 Å². The molecule has 6 heteroatoms. The van der Waals surface area contributed by atoms with Crippen LogP contribution in [0.4, 0.5) is 13.2 Å². The fourth-order valence-corrected chi connectivity index (χ4v) is 1.94. The lowest BCUT2D eigenvalue weighted by atomic mass is 9.99. The molecule has 1 aromatic heterocycles. The van der Waals surface area contributed by atoms with Gasteiger partial charge in [-0.2, -0.15) is 18.4 Å². The molecule has 0 bridgehead atoms. The van der Waals surface area contributed by atoms with E-state index in [0.717, 1.165) is 6.07 Å². The SMILES string of the molecule is Cc1nc(C(F)(F)F)cc(-c2ccc(Cl)cc2)c1C#N. The second-order valence-electron chi connectivity index (χ2n) is 4.13. The highest BCUT2D eigenvalue weighted by Crippen LogP contribution is 2.33. The first-order valence-electron chi connectivity index (χ1n) is 5.58. The third kappa shape index (κ3) is 2.75. The van der Waals surface area contributed by atoms with Gasteiger partial charge in [0.05, 0.1) is 11.3 Å². The van der Waals surface area contributed by atoms with Gasteiger partial charge in [-0.15, -0.1) is 0 Å². The van der Waals surface area contributed by atoms with E-state index in [4.69, 9.17) is 16.9 Å². The zero-order chi connectivity index (χ0) is 14.9. The van der Waals surface area contributed by atoms with Crippen molar-refractivity contribution in [3.8, 4) is 17.2 Å². The summed E-state index contributed by atoms with van der Waals surface area (Å²) in [5.41, 5.74) is -0.155. The summed E-state index contributed by atoms with van der Waals surface area (Å²) in [6.45, 7) is 1.38. The van der Waals surface area contributed by atoms with Crippen LogP contribution in [0.2, 0.25) is 5.02 Å². The summed E-state index contributed by atoms with van der Waals surface area (Å²) in [5, 5.41) is 9.58. The van der Waals surface area contributed by atoms with Crippen LogP contribution in [0.15, 0.2) is 30.3 Å². The average Bonchev–Trinajstić information content (AvgIpc) is 2.37. The molecule has 0 spiro atoms. The lowest BCUT2D eigenvalue weighted by molar-refractivity contribution is -0.141. The molecule has 0 N–H and O–H groups in total. The fourth-order valence-electron chi connectivity index (χ4n) is 1.82. The van der Waals surface area contributed by atoms with E-state index < -0.39 is 11.9 Å². The van der Waals surface area contributed by atoms with Crippen LogP contribution < -0.4 is 0 Å². The summed E-state index contributed by atoms with van der Waals surface area (Å²) in [6, 6.07) is 9.02. The molecule has 0 atom stereocenters. The van der Waals surface area contributed by atoms with E-state index in [0.29, 0.717) is 10.6 Å². The number of hydrogen-bond acceptors (Lipinski definition) is 2. The molecule has 0 aliphatic carbocycles. The molecular formula is C14H8ClF3N2. The Morgan fingerprint density at radius 2 is 1.80 bits per heavy atom. The molecule has 0 fully saturated rings. The van der Waals surface area contributed by atoms with Gasteiger partial charge < -0.3 is 0 Å². The Hall–Kier alpha value is -2.06. The van der Waals surface area contributed by atoms with Gasteiger partial charge in [-0.05, 0) is 30.7 Å². The number of pyridine rings is 1. The van der Waals surface area contributed by atoms with Gasteiger partial charge in [0.1, 0.15) is 11.8 Å². The number of aromatic nitrogens is 1. The number of nitriles is 1. The van der Waals surface area contributed by atoms with Crippen LogP contribution in [0.5, 0.6) is 0 Å². The fraction of sp³-hybridized carbons (Fsp3) is 0.143. The Labute approximate surface area is 118 Å². The highest BCUT2D eigenvalue weighted by Gasteiger charge is 2.34. The third-order valence-electron chi connectivity index (χ3n) is 2.76. The van der Waals surface area contributed by atoms with Crippen LogP contribution in [-0.2, 0) is 6.18 Å². The predicted octanol–water partition coefficient (Wildman–Crippen LogP) is 4.60.